The largest absolute Gasteiger partial charge is 0.463 e. The number of rotatable bonds is 6. The zero-order valence-electron chi connectivity index (χ0n) is 19.1. The van der Waals surface area contributed by atoms with E-state index in [0.717, 1.165) is 66.6 Å². The summed E-state index contributed by atoms with van der Waals surface area (Å²) in [6.45, 7) is 9.64. The zero-order chi connectivity index (χ0) is 22.8. The molecule has 0 saturated carbocycles. The van der Waals surface area contributed by atoms with Crippen molar-refractivity contribution in [3.05, 3.63) is 84.5 Å². The van der Waals surface area contributed by atoms with Gasteiger partial charge in [0.15, 0.2) is 5.76 Å². The molecule has 170 valence electrons. The Labute approximate surface area is 194 Å². The molecule has 0 amide bonds. The fraction of sp³-hybridized carbons (Fsp3) is 0.296. The summed E-state index contributed by atoms with van der Waals surface area (Å²) >= 11 is 0. The van der Waals surface area contributed by atoms with Crippen LogP contribution in [0.4, 0.5) is 4.39 Å². The third kappa shape index (κ3) is 4.63. The molecule has 6 heteroatoms. The minimum Gasteiger partial charge on any atom is -0.463 e. The predicted octanol–water partition coefficient (Wildman–Crippen LogP) is 5.46. The molecule has 0 spiro atoms. The number of furan rings is 1. The van der Waals surface area contributed by atoms with Crippen molar-refractivity contribution in [1.82, 2.24) is 19.6 Å². The average molecular weight is 445 g/mol. The molecule has 1 aliphatic rings. The molecule has 4 aromatic rings. The first-order chi connectivity index (χ1) is 16.1. The van der Waals surface area contributed by atoms with E-state index in [1.165, 1.54) is 12.1 Å². The van der Waals surface area contributed by atoms with E-state index in [1.807, 2.05) is 47.3 Å². The quantitative estimate of drug-likeness (QED) is 0.396. The lowest BCUT2D eigenvalue weighted by Gasteiger charge is -2.36. The van der Waals surface area contributed by atoms with E-state index in [2.05, 4.69) is 23.6 Å². The molecular weight excluding hydrogens is 415 g/mol. The van der Waals surface area contributed by atoms with Gasteiger partial charge in [-0.25, -0.2) is 9.07 Å². The van der Waals surface area contributed by atoms with Crippen LogP contribution in [-0.4, -0.2) is 51.8 Å². The summed E-state index contributed by atoms with van der Waals surface area (Å²) in [4.78, 5) is 5.01. The van der Waals surface area contributed by atoms with Gasteiger partial charge in [0.1, 0.15) is 11.5 Å². The van der Waals surface area contributed by atoms with Crippen LogP contribution >= 0.6 is 0 Å². The summed E-state index contributed by atoms with van der Waals surface area (Å²) < 4.78 is 21.0. The standard InChI is InChI=1S/C27H29FN4O/c1-20(2)31-15-13-30(14-16-31)19-23-18-29-32(27(23)26-4-3-17-33-26)25-11-7-22(8-12-25)21-5-9-24(28)10-6-21/h3-12,17-18,20H,13-16,19H2,1-2H3. The number of piperazine rings is 1. The lowest BCUT2D eigenvalue weighted by atomic mass is 10.1. The van der Waals surface area contributed by atoms with E-state index in [1.54, 1.807) is 18.4 Å². The van der Waals surface area contributed by atoms with E-state index in [-0.39, 0.29) is 5.82 Å². The monoisotopic (exact) mass is 444 g/mol. The SMILES string of the molecule is CC(C)N1CCN(Cc2cnn(-c3ccc(-c4ccc(F)cc4)cc3)c2-c2ccco2)CC1. The summed E-state index contributed by atoms with van der Waals surface area (Å²) in [7, 11) is 0. The Morgan fingerprint density at radius 1 is 0.909 bits per heavy atom. The summed E-state index contributed by atoms with van der Waals surface area (Å²) in [5.41, 5.74) is 5.12. The van der Waals surface area contributed by atoms with Crippen LogP contribution in [0.1, 0.15) is 19.4 Å². The van der Waals surface area contributed by atoms with Gasteiger partial charge >= 0.3 is 0 Å². The number of hydrogen-bond acceptors (Lipinski definition) is 4. The molecule has 2 aromatic carbocycles. The molecule has 5 nitrogen and oxygen atoms in total. The molecular formula is C27H29FN4O. The van der Waals surface area contributed by atoms with Crippen molar-refractivity contribution in [2.75, 3.05) is 26.2 Å². The summed E-state index contributed by atoms with van der Waals surface area (Å²) in [5, 5.41) is 4.74. The van der Waals surface area contributed by atoms with Crippen LogP contribution in [0.2, 0.25) is 0 Å². The zero-order valence-corrected chi connectivity index (χ0v) is 19.1. The molecule has 3 heterocycles. The average Bonchev–Trinajstić information content (AvgIpc) is 3.50. The number of benzene rings is 2. The third-order valence-electron chi connectivity index (χ3n) is 6.42. The van der Waals surface area contributed by atoms with Gasteiger partial charge in [0.2, 0.25) is 0 Å². The van der Waals surface area contributed by atoms with Gasteiger partial charge < -0.3 is 4.42 Å². The second-order valence-corrected chi connectivity index (χ2v) is 8.87. The molecule has 33 heavy (non-hydrogen) atoms. The van der Waals surface area contributed by atoms with E-state index in [4.69, 9.17) is 9.52 Å². The first kappa shape index (κ1) is 21.6. The lowest BCUT2D eigenvalue weighted by Crippen LogP contribution is -2.48. The Hall–Kier alpha value is -3.22. The smallest absolute Gasteiger partial charge is 0.152 e. The van der Waals surface area contributed by atoms with Gasteiger partial charge in [-0.05, 0) is 61.4 Å². The highest BCUT2D eigenvalue weighted by atomic mass is 19.1. The minimum atomic E-state index is -0.229. The van der Waals surface area contributed by atoms with Gasteiger partial charge in [-0.15, -0.1) is 0 Å². The number of halogens is 1. The maximum Gasteiger partial charge on any atom is 0.152 e. The molecule has 0 atom stereocenters. The molecule has 1 aliphatic heterocycles. The summed E-state index contributed by atoms with van der Waals surface area (Å²) in [6, 6.07) is 19.2. The first-order valence-electron chi connectivity index (χ1n) is 11.5. The van der Waals surface area contributed by atoms with Crippen LogP contribution < -0.4 is 0 Å². The van der Waals surface area contributed by atoms with Crippen molar-refractivity contribution in [2.45, 2.75) is 26.4 Å². The molecule has 0 unspecified atom stereocenters. The molecule has 1 fully saturated rings. The second kappa shape index (κ2) is 9.33. The van der Waals surface area contributed by atoms with Gasteiger partial charge in [0, 0.05) is 44.3 Å². The highest BCUT2D eigenvalue weighted by Gasteiger charge is 2.23. The maximum atomic E-state index is 13.3. The van der Waals surface area contributed by atoms with E-state index >= 15 is 0 Å². The Bertz CT molecular complexity index is 1170. The van der Waals surface area contributed by atoms with Gasteiger partial charge in [-0.2, -0.15) is 5.10 Å². The van der Waals surface area contributed by atoms with Crippen LogP contribution in [0.15, 0.2) is 77.5 Å². The number of hydrogen-bond donors (Lipinski definition) is 0. The van der Waals surface area contributed by atoms with Crippen molar-refractivity contribution in [2.24, 2.45) is 0 Å². The van der Waals surface area contributed by atoms with E-state index < -0.39 is 0 Å². The minimum absolute atomic E-state index is 0.229. The van der Waals surface area contributed by atoms with Crippen molar-refractivity contribution < 1.29 is 8.81 Å². The Balaban J connectivity index is 1.41. The van der Waals surface area contributed by atoms with Crippen molar-refractivity contribution in [3.8, 4) is 28.3 Å². The van der Waals surface area contributed by atoms with Gasteiger partial charge in [-0.1, -0.05) is 24.3 Å². The van der Waals surface area contributed by atoms with Crippen molar-refractivity contribution in [1.29, 1.82) is 0 Å². The molecule has 1 saturated heterocycles. The van der Waals surface area contributed by atoms with Crippen molar-refractivity contribution in [3.63, 3.8) is 0 Å². The number of nitrogens with zero attached hydrogens (tertiary/aromatic N) is 4. The van der Waals surface area contributed by atoms with E-state index in [9.17, 15) is 4.39 Å². The molecule has 0 aliphatic carbocycles. The van der Waals surface area contributed by atoms with E-state index in [0.29, 0.717) is 6.04 Å². The van der Waals surface area contributed by atoms with Gasteiger partial charge in [-0.3, -0.25) is 9.80 Å². The first-order valence-corrected chi connectivity index (χ1v) is 11.5. The lowest BCUT2D eigenvalue weighted by molar-refractivity contribution is 0.104. The van der Waals surface area contributed by atoms with Crippen LogP contribution in [-0.2, 0) is 6.54 Å². The topological polar surface area (TPSA) is 37.4 Å². The van der Waals surface area contributed by atoms with Crippen molar-refractivity contribution >= 4 is 0 Å². The Kier molecular flexibility index (Phi) is 6.11. The highest BCUT2D eigenvalue weighted by Crippen LogP contribution is 2.29. The van der Waals surface area contributed by atoms with Crippen LogP contribution in [0, 0.1) is 5.82 Å². The molecule has 0 N–H and O–H groups in total. The highest BCUT2D eigenvalue weighted by molar-refractivity contribution is 5.66. The molecule has 0 bridgehead atoms. The number of aromatic nitrogens is 2. The molecule has 0 radical (unpaired) electrons. The maximum absolute atomic E-state index is 13.3. The normalized spacial score (nSPS) is 15.4. The Morgan fingerprint density at radius 2 is 1.58 bits per heavy atom. The predicted molar refractivity (Wildman–Crippen MR) is 129 cm³/mol. The fourth-order valence-corrected chi connectivity index (χ4v) is 4.49. The Morgan fingerprint density at radius 3 is 2.18 bits per heavy atom. The summed E-state index contributed by atoms with van der Waals surface area (Å²) in [6.07, 6.45) is 3.66. The van der Waals surface area contributed by atoms with Crippen LogP contribution in [0.5, 0.6) is 0 Å². The van der Waals surface area contributed by atoms with Crippen LogP contribution in [0.25, 0.3) is 28.3 Å². The van der Waals surface area contributed by atoms with Gasteiger partial charge in [0.05, 0.1) is 18.1 Å². The molecule has 2 aromatic heterocycles. The fourth-order valence-electron chi connectivity index (χ4n) is 4.49. The third-order valence-corrected chi connectivity index (χ3v) is 6.42. The summed E-state index contributed by atoms with van der Waals surface area (Å²) in [5.74, 6) is 0.582. The van der Waals surface area contributed by atoms with Gasteiger partial charge in [0.25, 0.3) is 0 Å². The second-order valence-electron chi connectivity index (χ2n) is 8.87. The molecule has 5 rings (SSSR count). The van der Waals surface area contributed by atoms with Crippen LogP contribution in [0.3, 0.4) is 0 Å².